The van der Waals surface area contributed by atoms with E-state index in [1.807, 2.05) is 50.2 Å². The number of hydrogen-bond acceptors (Lipinski definition) is 4. The molecular formula is C18H23Cl2N5O. The van der Waals surface area contributed by atoms with Crippen LogP contribution in [0.25, 0.3) is 22.3 Å². The second-order valence-electron chi connectivity index (χ2n) is 5.73. The van der Waals surface area contributed by atoms with Gasteiger partial charge < -0.3 is 11.1 Å². The van der Waals surface area contributed by atoms with E-state index in [4.69, 9.17) is 10.7 Å². The Morgan fingerprint density at radius 2 is 1.96 bits per heavy atom. The van der Waals surface area contributed by atoms with Crippen molar-refractivity contribution in [2.45, 2.75) is 26.4 Å². The lowest BCUT2D eigenvalue weighted by Crippen LogP contribution is -2.37. The Morgan fingerprint density at radius 1 is 1.27 bits per heavy atom. The number of pyridine rings is 1. The van der Waals surface area contributed by atoms with Crippen LogP contribution in [0.4, 0.5) is 0 Å². The molecule has 6 nitrogen and oxygen atoms in total. The van der Waals surface area contributed by atoms with Crippen molar-refractivity contribution in [3.8, 4) is 11.3 Å². The number of nitrogens with one attached hydrogen (secondary N) is 1. The molecule has 0 saturated carbocycles. The number of aryl methyl sites for hydroxylation is 1. The lowest BCUT2D eigenvalue weighted by molar-refractivity contribution is 0.0943. The van der Waals surface area contributed by atoms with Gasteiger partial charge in [-0.3, -0.25) is 4.79 Å². The Morgan fingerprint density at radius 3 is 2.58 bits per heavy atom. The van der Waals surface area contributed by atoms with Gasteiger partial charge in [-0.15, -0.1) is 24.8 Å². The maximum atomic E-state index is 12.7. The van der Waals surface area contributed by atoms with Crippen LogP contribution in [0.15, 0.2) is 42.6 Å². The molecule has 3 rings (SSSR count). The van der Waals surface area contributed by atoms with Gasteiger partial charge in [-0.1, -0.05) is 30.3 Å². The fraction of sp³-hybridized carbons (Fsp3) is 0.278. The van der Waals surface area contributed by atoms with Crippen LogP contribution in [0.5, 0.6) is 0 Å². The molecule has 0 radical (unpaired) electrons. The molecule has 3 N–H and O–H groups in total. The van der Waals surface area contributed by atoms with Crippen LogP contribution in [-0.2, 0) is 6.54 Å². The number of carbonyl (C=O) groups excluding carboxylic acids is 1. The number of carbonyl (C=O) groups is 1. The van der Waals surface area contributed by atoms with Gasteiger partial charge in [0.25, 0.3) is 5.91 Å². The number of rotatable bonds is 5. The van der Waals surface area contributed by atoms with Crippen LogP contribution in [0, 0.1) is 0 Å². The SMILES string of the molecule is CCn1ncc2c(C(=O)N[C@@H](C)CN)cc(-c3ccccc3)nc21.Cl.Cl. The zero-order valence-corrected chi connectivity index (χ0v) is 16.3. The fourth-order valence-corrected chi connectivity index (χ4v) is 2.58. The summed E-state index contributed by atoms with van der Waals surface area (Å²) in [4.78, 5) is 17.4. The zero-order valence-electron chi connectivity index (χ0n) is 14.7. The first-order valence-corrected chi connectivity index (χ1v) is 8.07. The van der Waals surface area contributed by atoms with Crippen LogP contribution in [-0.4, -0.2) is 33.3 Å². The standard InChI is InChI=1S/C18H21N5O.2ClH/c1-3-23-17-15(11-20-23)14(18(24)21-12(2)10-19)9-16(22-17)13-7-5-4-6-8-13;;/h4-9,11-12H,3,10,19H2,1-2H3,(H,21,24);2*1H/t12-;;/m0../s1. The van der Waals surface area contributed by atoms with Gasteiger partial charge in [0.15, 0.2) is 5.65 Å². The van der Waals surface area contributed by atoms with Crippen molar-refractivity contribution in [3.63, 3.8) is 0 Å². The predicted octanol–water partition coefficient (Wildman–Crippen LogP) is 3.04. The number of fused-ring (bicyclic) bond motifs is 1. The summed E-state index contributed by atoms with van der Waals surface area (Å²) >= 11 is 0. The molecule has 0 saturated heterocycles. The third-order valence-electron chi connectivity index (χ3n) is 3.95. The van der Waals surface area contributed by atoms with Crippen molar-refractivity contribution >= 4 is 41.8 Å². The highest BCUT2D eigenvalue weighted by Gasteiger charge is 2.18. The zero-order chi connectivity index (χ0) is 17.1. The number of amides is 1. The van der Waals surface area contributed by atoms with Crippen molar-refractivity contribution < 1.29 is 4.79 Å². The number of benzene rings is 1. The first-order valence-electron chi connectivity index (χ1n) is 8.07. The van der Waals surface area contributed by atoms with Gasteiger partial charge in [0.2, 0.25) is 0 Å². The molecule has 26 heavy (non-hydrogen) atoms. The maximum absolute atomic E-state index is 12.7. The number of hydrogen-bond donors (Lipinski definition) is 2. The number of halogens is 2. The summed E-state index contributed by atoms with van der Waals surface area (Å²) in [5.74, 6) is -0.159. The molecule has 2 aromatic heterocycles. The quantitative estimate of drug-likeness (QED) is 0.694. The lowest BCUT2D eigenvalue weighted by atomic mass is 10.1. The Labute approximate surface area is 165 Å². The van der Waals surface area contributed by atoms with Crippen LogP contribution in [0.2, 0.25) is 0 Å². The van der Waals surface area contributed by atoms with Gasteiger partial charge in [0.1, 0.15) is 0 Å². The molecule has 0 spiro atoms. The van der Waals surface area contributed by atoms with Crippen molar-refractivity contribution in [2.24, 2.45) is 5.73 Å². The summed E-state index contributed by atoms with van der Waals surface area (Å²) < 4.78 is 1.80. The van der Waals surface area contributed by atoms with Crippen molar-refractivity contribution in [2.75, 3.05) is 6.54 Å². The highest BCUT2D eigenvalue weighted by Crippen LogP contribution is 2.25. The van der Waals surface area contributed by atoms with Gasteiger partial charge in [0.05, 0.1) is 22.8 Å². The molecular weight excluding hydrogens is 373 g/mol. The Bertz CT molecular complexity index is 867. The molecule has 0 bridgehead atoms. The van der Waals surface area contributed by atoms with E-state index in [1.54, 1.807) is 10.9 Å². The van der Waals surface area contributed by atoms with Crippen molar-refractivity contribution in [1.82, 2.24) is 20.1 Å². The smallest absolute Gasteiger partial charge is 0.252 e. The molecule has 8 heteroatoms. The lowest BCUT2D eigenvalue weighted by Gasteiger charge is -2.13. The maximum Gasteiger partial charge on any atom is 0.252 e. The average Bonchev–Trinajstić information content (AvgIpc) is 3.04. The van der Waals surface area contributed by atoms with E-state index in [0.717, 1.165) is 16.6 Å². The minimum Gasteiger partial charge on any atom is -0.348 e. The summed E-state index contributed by atoms with van der Waals surface area (Å²) in [7, 11) is 0. The Balaban J connectivity index is 0.00000169. The van der Waals surface area contributed by atoms with E-state index in [0.29, 0.717) is 24.3 Å². The van der Waals surface area contributed by atoms with Gasteiger partial charge >= 0.3 is 0 Å². The van der Waals surface area contributed by atoms with E-state index in [9.17, 15) is 4.79 Å². The summed E-state index contributed by atoms with van der Waals surface area (Å²) in [5, 5.41) is 8.00. The summed E-state index contributed by atoms with van der Waals surface area (Å²) in [5.41, 5.74) is 8.61. The minimum absolute atomic E-state index is 0. The van der Waals surface area contributed by atoms with E-state index < -0.39 is 0 Å². The third kappa shape index (κ3) is 4.33. The number of nitrogens with zero attached hydrogens (tertiary/aromatic N) is 3. The van der Waals surface area contributed by atoms with E-state index in [1.165, 1.54) is 0 Å². The van der Waals surface area contributed by atoms with Gasteiger partial charge in [0, 0.05) is 24.7 Å². The Kier molecular flexibility index (Phi) is 8.02. The second-order valence-corrected chi connectivity index (χ2v) is 5.73. The molecule has 0 aliphatic heterocycles. The first kappa shape index (κ1) is 21.9. The van der Waals surface area contributed by atoms with Gasteiger partial charge in [-0.05, 0) is 19.9 Å². The minimum atomic E-state index is -0.159. The highest BCUT2D eigenvalue weighted by molar-refractivity contribution is 6.06. The highest BCUT2D eigenvalue weighted by atomic mass is 35.5. The molecule has 2 heterocycles. The molecule has 3 aromatic rings. The monoisotopic (exact) mass is 395 g/mol. The molecule has 0 aliphatic rings. The molecule has 1 atom stereocenters. The normalized spacial score (nSPS) is 11.3. The van der Waals surface area contributed by atoms with Crippen LogP contribution < -0.4 is 11.1 Å². The van der Waals surface area contributed by atoms with Gasteiger partial charge in [-0.2, -0.15) is 5.10 Å². The fourth-order valence-electron chi connectivity index (χ4n) is 2.58. The van der Waals surface area contributed by atoms with Crippen LogP contribution >= 0.6 is 24.8 Å². The average molecular weight is 396 g/mol. The van der Waals surface area contributed by atoms with E-state index >= 15 is 0 Å². The molecule has 0 unspecified atom stereocenters. The topological polar surface area (TPSA) is 85.8 Å². The molecule has 140 valence electrons. The molecule has 0 aliphatic carbocycles. The van der Waals surface area contributed by atoms with Crippen molar-refractivity contribution in [3.05, 3.63) is 48.2 Å². The summed E-state index contributed by atoms with van der Waals surface area (Å²) in [6, 6.07) is 11.5. The van der Waals surface area contributed by atoms with E-state index in [-0.39, 0.29) is 36.8 Å². The van der Waals surface area contributed by atoms with E-state index in [2.05, 4.69) is 10.4 Å². The van der Waals surface area contributed by atoms with Crippen molar-refractivity contribution in [1.29, 1.82) is 0 Å². The second kappa shape index (κ2) is 9.52. The van der Waals surface area contributed by atoms with Crippen LogP contribution in [0.3, 0.4) is 0 Å². The largest absolute Gasteiger partial charge is 0.348 e. The molecule has 1 aromatic carbocycles. The third-order valence-corrected chi connectivity index (χ3v) is 3.95. The Hall–Kier alpha value is -2.15. The predicted molar refractivity (Wildman–Crippen MR) is 109 cm³/mol. The summed E-state index contributed by atoms with van der Waals surface area (Å²) in [6.07, 6.45) is 1.70. The molecule has 0 fully saturated rings. The summed E-state index contributed by atoms with van der Waals surface area (Å²) in [6.45, 7) is 4.96. The van der Waals surface area contributed by atoms with Gasteiger partial charge in [-0.25, -0.2) is 9.67 Å². The molecule has 1 amide bonds. The number of aromatic nitrogens is 3. The first-order chi connectivity index (χ1) is 11.6. The van der Waals surface area contributed by atoms with Crippen LogP contribution in [0.1, 0.15) is 24.2 Å². The number of nitrogens with two attached hydrogens (primary N) is 1.